The van der Waals surface area contributed by atoms with E-state index < -0.39 is 6.09 Å². The molecule has 0 unspecified atom stereocenters. The molecule has 5 heteroatoms. The van der Waals surface area contributed by atoms with Crippen LogP contribution >= 0.6 is 11.3 Å². The normalized spacial score (nSPS) is 10.0. The van der Waals surface area contributed by atoms with Crippen LogP contribution in [0.5, 0.6) is 0 Å². The Hall–Kier alpha value is -1.10. The minimum atomic E-state index is -1.22. The van der Waals surface area contributed by atoms with Crippen molar-refractivity contribution in [2.45, 2.75) is 20.3 Å². The molecular weight excluding hydrogens is 188 g/mol. The van der Waals surface area contributed by atoms with E-state index in [9.17, 15) is 9.90 Å². The summed E-state index contributed by atoms with van der Waals surface area (Å²) in [5.41, 5.74) is 0.989. The summed E-state index contributed by atoms with van der Waals surface area (Å²) in [4.78, 5) is 15.4. The second kappa shape index (κ2) is 4.23. The van der Waals surface area contributed by atoms with Crippen LogP contribution in [0.4, 0.5) is 4.79 Å². The van der Waals surface area contributed by atoms with Gasteiger partial charge in [0.2, 0.25) is 0 Å². The number of rotatable bonds is 3. The number of aromatic nitrogens is 1. The third kappa shape index (κ3) is 3.02. The molecule has 72 valence electrons. The minimum Gasteiger partial charge on any atom is -0.530 e. The molecule has 0 spiro atoms. The predicted octanol–water partition coefficient (Wildman–Crippen LogP) is 0.235. The smallest absolute Gasteiger partial charge is 0.134 e. The predicted molar refractivity (Wildman–Crippen MR) is 48.7 cm³/mol. The van der Waals surface area contributed by atoms with Crippen molar-refractivity contribution in [3.05, 3.63) is 15.6 Å². The second-order valence-electron chi connectivity index (χ2n) is 2.71. The number of amides is 1. The standard InChI is InChI=1S/C8H12N2O2S/c1-5-7(13-6(2)10-5)3-4-9-8(11)12/h9H,3-4H2,1-2H3,(H,11,12)/p-1. The molecule has 0 aliphatic rings. The summed E-state index contributed by atoms with van der Waals surface area (Å²) in [6.07, 6.45) is -0.537. The lowest BCUT2D eigenvalue weighted by molar-refractivity contribution is -0.250. The molecule has 0 aliphatic carbocycles. The number of nitrogens with zero attached hydrogens (tertiary/aromatic N) is 1. The maximum absolute atomic E-state index is 10.0. The zero-order chi connectivity index (χ0) is 9.84. The minimum absolute atomic E-state index is 0.394. The summed E-state index contributed by atoms with van der Waals surface area (Å²) in [5, 5.41) is 13.3. The van der Waals surface area contributed by atoms with Crippen molar-refractivity contribution >= 4 is 17.4 Å². The molecule has 1 rings (SSSR count). The van der Waals surface area contributed by atoms with Gasteiger partial charge >= 0.3 is 0 Å². The summed E-state index contributed by atoms with van der Waals surface area (Å²) < 4.78 is 0. The summed E-state index contributed by atoms with van der Waals surface area (Å²) in [6, 6.07) is 0. The van der Waals surface area contributed by atoms with Crippen molar-refractivity contribution in [1.82, 2.24) is 10.3 Å². The highest BCUT2D eigenvalue weighted by molar-refractivity contribution is 7.11. The van der Waals surface area contributed by atoms with Gasteiger partial charge in [-0.15, -0.1) is 11.3 Å². The molecule has 0 fully saturated rings. The topological polar surface area (TPSA) is 65.0 Å². The van der Waals surface area contributed by atoms with E-state index in [2.05, 4.69) is 10.3 Å². The number of hydrogen-bond donors (Lipinski definition) is 1. The Morgan fingerprint density at radius 2 is 2.31 bits per heavy atom. The number of thiazole rings is 1. The Bertz CT molecular complexity index is 309. The van der Waals surface area contributed by atoms with Gasteiger partial charge in [-0.25, -0.2) is 4.98 Å². The monoisotopic (exact) mass is 199 g/mol. The molecule has 0 saturated heterocycles. The lowest BCUT2D eigenvalue weighted by Crippen LogP contribution is -2.37. The number of carboxylic acid groups (broad SMARTS) is 1. The van der Waals surface area contributed by atoms with Gasteiger partial charge in [0.15, 0.2) is 0 Å². The van der Waals surface area contributed by atoms with Crippen molar-refractivity contribution in [3.63, 3.8) is 0 Å². The van der Waals surface area contributed by atoms with Crippen molar-refractivity contribution in [1.29, 1.82) is 0 Å². The van der Waals surface area contributed by atoms with E-state index in [1.54, 1.807) is 11.3 Å². The largest absolute Gasteiger partial charge is 0.530 e. The molecule has 1 N–H and O–H groups in total. The van der Waals surface area contributed by atoms with Crippen LogP contribution in [-0.4, -0.2) is 17.6 Å². The van der Waals surface area contributed by atoms with Crippen LogP contribution in [0.15, 0.2) is 0 Å². The van der Waals surface area contributed by atoms with Crippen molar-refractivity contribution < 1.29 is 9.90 Å². The van der Waals surface area contributed by atoms with E-state index in [1.165, 1.54) is 0 Å². The average Bonchev–Trinajstić information content (AvgIpc) is 2.29. The van der Waals surface area contributed by atoms with Crippen molar-refractivity contribution in [3.8, 4) is 0 Å². The Labute approximate surface area is 80.6 Å². The van der Waals surface area contributed by atoms with Gasteiger partial charge < -0.3 is 15.2 Å². The highest BCUT2D eigenvalue weighted by Crippen LogP contribution is 2.16. The van der Waals surface area contributed by atoms with Gasteiger partial charge in [-0.05, 0) is 13.8 Å². The van der Waals surface area contributed by atoms with Crippen molar-refractivity contribution in [2.75, 3.05) is 6.54 Å². The van der Waals surface area contributed by atoms with E-state index in [0.717, 1.165) is 15.6 Å². The zero-order valence-corrected chi connectivity index (χ0v) is 8.40. The first-order valence-electron chi connectivity index (χ1n) is 3.97. The lowest BCUT2D eigenvalue weighted by atomic mass is 10.3. The number of hydrogen-bond acceptors (Lipinski definition) is 4. The van der Waals surface area contributed by atoms with E-state index >= 15 is 0 Å². The second-order valence-corrected chi connectivity index (χ2v) is 3.99. The summed E-state index contributed by atoms with van der Waals surface area (Å²) in [6.45, 7) is 4.26. The fourth-order valence-electron chi connectivity index (χ4n) is 1.08. The Morgan fingerprint density at radius 3 is 2.77 bits per heavy atom. The lowest BCUT2D eigenvalue weighted by Gasteiger charge is -2.04. The van der Waals surface area contributed by atoms with E-state index in [0.29, 0.717) is 13.0 Å². The summed E-state index contributed by atoms with van der Waals surface area (Å²) in [5.74, 6) is 0. The molecule has 1 amide bonds. The molecule has 0 aliphatic heterocycles. The number of carbonyl (C=O) groups excluding carboxylic acids is 1. The molecule has 0 saturated carbocycles. The van der Waals surface area contributed by atoms with Crippen LogP contribution in [0.25, 0.3) is 0 Å². The number of nitrogens with one attached hydrogen (secondary N) is 1. The number of aryl methyl sites for hydroxylation is 2. The molecule has 0 bridgehead atoms. The highest BCUT2D eigenvalue weighted by Gasteiger charge is 2.03. The molecule has 1 aromatic heterocycles. The summed E-state index contributed by atoms with van der Waals surface area (Å²) >= 11 is 1.60. The van der Waals surface area contributed by atoms with Gasteiger partial charge in [-0.1, -0.05) is 0 Å². The fraction of sp³-hybridized carbons (Fsp3) is 0.500. The molecule has 1 aromatic rings. The van der Waals surface area contributed by atoms with E-state index in [1.807, 2.05) is 13.8 Å². The first kappa shape index (κ1) is 9.98. The Balaban J connectivity index is 2.45. The SMILES string of the molecule is Cc1nc(C)c(CCNC(=O)[O-])s1. The molecule has 4 nitrogen and oxygen atoms in total. The van der Waals surface area contributed by atoms with E-state index in [4.69, 9.17) is 0 Å². The van der Waals surface area contributed by atoms with Gasteiger partial charge in [0.05, 0.1) is 10.7 Å². The van der Waals surface area contributed by atoms with Crippen LogP contribution in [0.2, 0.25) is 0 Å². The third-order valence-corrected chi connectivity index (χ3v) is 2.75. The highest BCUT2D eigenvalue weighted by atomic mass is 32.1. The molecule has 0 aromatic carbocycles. The average molecular weight is 199 g/mol. The Morgan fingerprint density at radius 1 is 1.62 bits per heavy atom. The first-order chi connectivity index (χ1) is 6.09. The number of carbonyl (C=O) groups is 1. The van der Waals surface area contributed by atoms with Crippen LogP contribution < -0.4 is 10.4 Å². The van der Waals surface area contributed by atoms with Gasteiger partial charge in [0.1, 0.15) is 6.09 Å². The van der Waals surface area contributed by atoms with Crippen LogP contribution in [0, 0.1) is 13.8 Å². The Kier molecular flexibility index (Phi) is 3.25. The van der Waals surface area contributed by atoms with Gasteiger partial charge in [0, 0.05) is 17.8 Å². The van der Waals surface area contributed by atoms with Gasteiger partial charge in [0.25, 0.3) is 0 Å². The quantitative estimate of drug-likeness (QED) is 0.758. The third-order valence-electron chi connectivity index (χ3n) is 1.62. The van der Waals surface area contributed by atoms with Crippen molar-refractivity contribution in [2.24, 2.45) is 0 Å². The molecule has 0 radical (unpaired) electrons. The molecular formula is C8H11N2O2S-. The summed E-state index contributed by atoms with van der Waals surface area (Å²) in [7, 11) is 0. The molecule has 1 heterocycles. The zero-order valence-electron chi connectivity index (χ0n) is 7.59. The van der Waals surface area contributed by atoms with Crippen LogP contribution in [-0.2, 0) is 6.42 Å². The first-order valence-corrected chi connectivity index (χ1v) is 4.79. The van der Waals surface area contributed by atoms with Crippen LogP contribution in [0.1, 0.15) is 15.6 Å². The fourth-order valence-corrected chi connectivity index (χ4v) is 2.02. The van der Waals surface area contributed by atoms with Gasteiger partial charge in [-0.2, -0.15) is 0 Å². The van der Waals surface area contributed by atoms with Gasteiger partial charge in [-0.3, -0.25) is 0 Å². The molecule has 13 heavy (non-hydrogen) atoms. The van der Waals surface area contributed by atoms with Crippen LogP contribution in [0.3, 0.4) is 0 Å². The maximum atomic E-state index is 10.0. The maximum Gasteiger partial charge on any atom is 0.134 e. The molecule has 0 atom stereocenters. The van der Waals surface area contributed by atoms with E-state index in [-0.39, 0.29) is 0 Å².